The number of benzene rings is 2. The summed E-state index contributed by atoms with van der Waals surface area (Å²) in [6, 6.07) is 11.0. The molecule has 0 aliphatic carbocycles. The molecule has 0 unspecified atom stereocenters. The molecular formula is C15H13ClN2O4. The Balaban J connectivity index is 2.26. The number of nitrogens with one attached hydrogen (secondary N) is 1. The molecule has 1 amide bonds. The molecule has 22 heavy (non-hydrogen) atoms. The number of carbonyl (C=O) groups excluding carboxylic acids is 1. The minimum atomic E-state index is -0.637. The normalized spacial score (nSPS) is 10.3. The molecule has 0 saturated heterocycles. The van der Waals surface area contributed by atoms with Crippen LogP contribution in [0.4, 0.5) is 11.4 Å². The summed E-state index contributed by atoms with van der Waals surface area (Å²) in [5.74, 6) is -0.571. The van der Waals surface area contributed by atoms with Gasteiger partial charge in [0.2, 0.25) is 0 Å². The Morgan fingerprint density at radius 3 is 2.77 bits per heavy atom. The molecule has 0 heterocycles. The van der Waals surface area contributed by atoms with Crippen molar-refractivity contribution in [3.63, 3.8) is 0 Å². The number of amides is 1. The smallest absolute Gasteiger partial charge is 0.283 e. The molecule has 0 radical (unpaired) electrons. The second-order valence-corrected chi connectivity index (χ2v) is 4.94. The average molecular weight is 321 g/mol. The number of hydrogen-bond donors (Lipinski definition) is 1. The van der Waals surface area contributed by atoms with Crippen molar-refractivity contribution in [3.8, 4) is 0 Å². The van der Waals surface area contributed by atoms with Crippen LogP contribution >= 0.6 is 11.6 Å². The zero-order valence-corrected chi connectivity index (χ0v) is 12.5. The van der Waals surface area contributed by atoms with Crippen molar-refractivity contribution in [3.05, 3.63) is 68.7 Å². The molecule has 0 aliphatic heterocycles. The van der Waals surface area contributed by atoms with Gasteiger partial charge in [-0.3, -0.25) is 14.9 Å². The van der Waals surface area contributed by atoms with Gasteiger partial charge in [-0.15, -0.1) is 0 Å². The van der Waals surface area contributed by atoms with Crippen LogP contribution in [-0.2, 0) is 11.3 Å². The van der Waals surface area contributed by atoms with Gasteiger partial charge < -0.3 is 10.1 Å². The Kier molecular flexibility index (Phi) is 5.08. The third-order valence-corrected chi connectivity index (χ3v) is 3.13. The Morgan fingerprint density at radius 2 is 2.09 bits per heavy atom. The summed E-state index contributed by atoms with van der Waals surface area (Å²) in [7, 11) is 1.57. The highest BCUT2D eigenvalue weighted by molar-refractivity contribution is 6.31. The van der Waals surface area contributed by atoms with E-state index in [1.807, 2.05) is 6.07 Å². The van der Waals surface area contributed by atoms with Gasteiger partial charge >= 0.3 is 0 Å². The van der Waals surface area contributed by atoms with Crippen molar-refractivity contribution in [2.45, 2.75) is 6.61 Å². The third kappa shape index (κ3) is 3.81. The van der Waals surface area contributed by atoms with E-state index < -0.39 is 10.8 Å². The van der Waals surface area contributed by atoms with Crippen LogP contribution in [0.5, 0.6) is 0 Å². The summed E-state index contributed by atoms with van der Waals surface area (Å²) in [5, 5.41) is 13.8. The third-order valence-electron chi connectivity index (χ3n) is 2.90. The van der Waals surface area contributed by atoms with Gasteiger partial charge in [-0.25, -0.2) is 0 Å². The van der Waals surface area contributed by atoms with Gasteiger partial charge in [0.1, 0.15) is 5.56 Å². The van der Waals surface area contributed by atoms with E-state index >= 15 is 0 Å². The lowest BCUT2D eigenvalue weighted by atomic mass is 10.1. The van der Waals surface area contributed by atoms with Crippen molar-refractivity contribution in [2.24, 2.45) is 0 Å². The number of methoxy groups -OCH3 is 1. The summed E-state index contributed by atoms with van der Waals surface area (Å²) in [5.41, 5.74) is 1.03. The van der Waals surface area contributed by atoms with Crippen molar-refractivity contribution in [1.82, 2.24) is 0 Å². The molecule has 114 valence electrons. The zero-order valence-electron chi connectivity index (χ0n) is 11.7. The highest BCUT2D eigenvalue weighted by Crippen LogP contribution is 2.24. The highest BCUT2D eigenvalue weighted by atomic mass is 35.5. The molecule has 0 aliphatic rings. The molecule has 6 nitrogen and oxygen atoms in total. The first-order valence-corrected chi connectivity index (χ1v) is 6.72. The number of anilines is 1. The molecule has 0 aromatic heterocycles. The molecular weight excluding hydrogens is 308 g/mol. The maximum absolute atomic E-state index is 12.2. The first-order valence-electron chi connectivity index (χ1n) is 6.34. The summed E-state index contributed by atoms with van der Waals surface area (Å²) in [4.78, 5) is 22.6. The summed E-state index contributed by atoms with van der Waals surface area (Å²) in [6.45, 7) is 0.408. The van der Waals surface area contributed by atoms with Crippen molar-refractivity contribution in [1.29, 1.82) is 0 Å². The predicted molar refractivity (Wildman–Crippen MR) is 83.2 cm³/mol. The lowest BCUT2D eigenvalue weighted by Gasteiger charge is -2.08. The second kappa shape index (κ2) is 7.02. The number of hydrogen-bond acceptors (Lipinski definition) is 4. The lowest BCUT2D eigenvalue weighted by molar-refractivity contribution is -0.385. The molecule has 0 saturated carbocycles. The summed E-state index contributed by atoms with van der Waals surface area (Å²) in [6.07, 6.45) is 0. The standard InChI is InChI=1S/C15H13ClN2O4/c1-22-9-10-3-2-4-12(7-10)17-15(19)13-6-5-11(16)8-14(13)18(20)21/h2-8H,9H2,1H3,(H,17,19). The van der Waals surface area contributed by atoms with Gasteiger partial charge in [-0.2, -0.15) is 0 Å². The molecule has 7 heteroatoms. The highest BCUT2D eigenvalue weighted by Gasteiger charge is 2.20. The topological polar surface area (TPSA) is 81.5 Å². The molecule has 0 spiro atoms. The van der Waals surface area contributed by atoms with E-state index in [2.05, 4.69) is 5.32 Å². The fourth-order valence-corrected chi connectivity index (χ4v) is 2.12. The van der Waals surface area contributed by atoms with Gasteiger partial charge in [0.25, 0.3) is 11.6 Å². The largest absolute Gasteiger partial charge is 0.380 e. The molecule has 0 bridgehead atoms. The van der Waals surface area contributed by atoms with Crippen LogP contribution < -0.4 is 5.32 Å². The van der Waals surface area contributed by atoms with Crippen LogP contribution in [0.15, 0.2) is 42.5 Å². The fourth-order valence-electron chi connectivity index (χ4n) is 1.95. The first kappa shape index (κ1) is 15.9. The van der Waals surface area contributed by atoms with E-state index in [4.69, 9.17) is 16.3 Å². The number of ether oxygens (including phenoxy) is 1. The molecule has 2 aromatic carbocycles. The fraction of sp³-hybridized carbons (Fsp3) is 0.133. The second-order valence-electron chi connectivity index (χ2n) is 4.51. The Labute approximate surface area is 131 Å². The van der Waals surface area contributed by atoms with Gasteiger partial charge in [-0.05, 0) is 29.8 Å². The van der Waals surface area contributed by atoms with Crippen molar-refractivity contribution in [2.75, 3.05) is 12.4 Å². The predicted octanol–water partition coefficient (Wildman–Crippen LogP) is 3.65. The maximum atomic E-state index is 12.2. The van der Waals surface area contributed by atoms with Crippen LogP contribution in [0.25, 0.3) is 0 Å². The molecule has 1 N–H and O–H groups in total. The summed E-state index contributed by atoms with van der Waals surface area (Å²) < 4.78 is 5.02. The minimum absolute atomic E-state index is 0.0495. The number of rotatable bonds is 5. The van der Waals surface area contributed by atoms with Gasteiger partial charge in [-0.1, -0.05) is 23.7 Å². The quantitative estimate of drug-likeness (QED) is 0.673. The van der Waals surface area contributed by atoms with Crippen LogP contribution in [0.3, 0.4) is 0 Å². The van der Waals surface area contributed by atoms with Crippen LogP contribution in [0, 0.1) is 10.1 Å². The Morgan fingerprint density at radius 1 is 1.32 bits per heavy atom. The maximum Gasteiger partial charge on any atom is 0.283 e. The van der Waals surface area contributed by atoms with Crippen molar-refractivity contribution >= 4 is 28.9 Å². The average Bonchev–Trinajstić information content (AvgIpc) is 2.47. The Hall–Kier alpha value is -2.44. The summed E-state index contributed by atoms with van der Waals surface area (Å²) >= 11 is 5.73. The Bertz CT molecular complexity index is 718. The van der Waals surface area contributed by atoms with E-state index in [1.54, 1.807) is 25.3 Å². The monoisotopic (exact) mass is 320 g/mol. The van der Waals surface area contributed by atoms with Gasteiger partial charge in [0, 0.05) is 23.9 Å². The van der Waals surface area contributed by atoms with E-state index in [9.17, 15) is 14.9 Å². The molecule has 2 aromatic rings. The van der Waals surface area contributed by atoms with Crippen molar-refractivity contribution < 1.29 is 14.5 Å². The molecule has 0 fully saturated rings. The number of halogens is 1. The van der Waals surface area contributed by atoms with E-state index in [-0.39, 0.29) is 16.3 Å². The molecule has 0 atom stereocenters. The van der Waals surface area contributed by atoms with Crippen LogP contribution in [0.2, 0.25) is 5.02 Å². The first-order chi connectivity index (χ1) is 10.5. The van der Waals surface area contributed by atoms with Gasteiger partial charge in [0.05, 0.1) is 11.5 Å². The minimum Gasteiger partial charge on any atom is -0.380 e. The number of nitro groups is 1. The number of nitrogens with zero attached hydrogens (tertiary/aromatic N) is 1. The van der Waals surface area contributed by atoms with Crippen LogP contribution in [0.1, 0.15) is 15.9 Å². The van der Waals surface area contributed by atoms with E-state index in [1.165, 1.54) is 12.1 Å². The molecule has 2 rings (SSSR count). The number of carbonyl (C=O) groups is 1. The van der Waals surface area contributed by atoms with E-state index in [0.717, 1.165) is 11.6 Å². The SMILES string of the molecule is COCc1cccc(NC(=O)c2ccc(Cl)cc2[N+](=O)[O-])c1. The van der Waals surface area contributed by atoms with E-state index in [0.29, 0.717) is 12.3 Å². The van der Waals surface area contributed by atoms with Gasteiger partial charge in [0.15, 0.2) is 0 Å². The van der Waals surface area contributed by atoms with Crippen LogP contribution in [-0.4, -0.2) is 17.9 Å². The number of nitro benzene ring substituents is 1. The zero-order chi connectivity index (χ0) is 16.1. The lowest BCUT2D eigenvalue weighted by Crippen LogP contribution is -2.14.